The van der Waals surface area contributed by atoms with Gasteiger partial charge in [-0.2, -0.15) is 0 Å². The summed E-state index contributed by atoms with van der Waals surface area (Å²) in [6.45, 7) is 0.219. The first-order chi connectivity index (χ1) is 8.59. The van der Waals surface area contributed by atoms with E-state index in [1.165, 1.54) is 4.90 Å². The molecule has 0 radical (unpaired) electrons. The van der Waals surface area contributed by atoms with E-state index >= 15 is 0 Å². The Morgan fingerprint density at radius 3 is 2.28 bits per heavy atom. The lowest BCUT2D eigenvalue weighted by molar-refractivity contribution is -0.144. The number of aliphatic carboxylic acids is 1. The first kappa shape index (κ1) is 11.6. The topological polar surface area (TPSA) is 83.9 Å². The molecule has 6 nitrogen and oxygen atoms in total. The molecule has 0 aromatic heterocycles. The molecule has 0 aliphatic carbocycles. The zero-order valence-corrected chi connectivity index (χ0v) is 9.87. The minimum Gasteiger partial charge on any atom is -0.481 e. The van der Waals surface area contributed by atoms with Gasteiger partial charge in [-0.3, -0.25) is 19.3 Å². The summed E-state index contributed by atoms with van der Waals surface area (Å²) in [5.74, 6) is -1.84. The molecule has 3 fully saturated rings. The number of imide groups is 1. The number of rotatable bonds is 4. The zero-order chi connectivity index (χ0) is 12.9. The summed E-state index contributed by atoms with van der Waals surface area (Å²) >= 11 is 0. The second-order valence-electron chi connectivity index (χ2n) is 5.17. The van der Waals surface area contributed by atoms with E-state index < -0.39 is 5.97 Å². The molecule has 2 bridgehead atoms. The van der Waals surface area contributed by atoms with E-state index in [9.17, 15) is 14.4 Å². The predicted octanol–water partition coefficient (Wildman–Crippen LogP) is 0.0136. The van der Waals surface area contributed by atoms with E-state index in [1.54, 1.807) is 0 Å². The molecule has 0 saturated carbocycles. The zero-order valence-electron chi connectivity index (χ0n) is 9.87. The maximum atomic E-state index is 12.1. The van der Waals surface area contributed by atoms with Gasteiger partial charge in [0.05, 0.1) is 24.0 Å². The van der Waals surface area contributed by atoms with Crippen LogP contribution in [-0.4, -0.2) is 46.5 Å². The highest BCUT2D eigenvalue weighted by atomic mass is 16.5. The molecule has 2 unspecified atom stereocenters. The summed E-state index contributed by atoms with van der Waals surface area (Å²) in [6, 6.07) is 0. The quantitative estimate of drug-likeness (QED) is 0.714. The first-order valence-corrected chi connectivity index (χ1v) is 6.32. The fourth-order valence-electron chi connectivity index (χ4n) is 3.38. The Bertz CT molecular complexity index is 393. The number of nitrogens with zero attached hydrogens (tertiary/aromatic N) is 1. The molecule has 2 amide bonds. The summed E-state index contributed by atoms with van der Waals surface area (Å²) < 4.78 is 5.61. The van der Waals surface area contributed by atoms with Crippen LogP contribution in [0.15, 0.2) is 0 Å². The summed E-state index contributed by atoms with van der Waals surface area (Å²) in [6.07, 6.45) is 1.82. The van der Waals surface area contributed by atoms with Gasteiger partial charge in [-0.25, -0.2) is 0 Å². The maximum absolute atomic E-state index is 12.1. The normalized spacial score (nSPS) is 37.4. The number of hydrogen-bond donors (Lipinski definition) is 1. The molecule has 18 heavy (non-hydrogen) atoms. The Labute approximate surface area is 104 Å². The average Bonchev–Trinajstić information content (AvgIpc) is 2.97. The molecule has 0 aromatic carbocycles. The number of carboxylic acid groups (broad SMARTS) is 1. The number of likely N-dealkylation sites (tertiary alicyclic amines) is 1. The molecule has 3 rings (SSSR count). The Morgan fingerprint density at radius 1 is 1.22 bits per heavy atom. The molecule has 98 valence electrons. The number of fused-ring (bicyclic) bond motifs is 5. The van der Waals surface area contributed by atoms with Crippen molar-refractivity contribution in [1.29, 1.82) is 0 Å². The maximum Gasteiger partial charge on any atom is 0.303 e. The van der Waals surface area contributed by atoms with Gasteiger partial charge < -0.3 is 9.84 Å². The van der Waals surface area contributed by atoms with E-state index in [4.69, 9.17) is 9.84 Å². The third-order valence-corrected chi connectivity index (χ3v) is 4.15. The highest BCUT2D eigenvalue weighted by molar-refractivity contribution is 6.06. The fourth-order valence-corrected chi connectivity index (χ4v) is 3.38. The van der Waals surface area contributed by atoms with Crippen molar-refractivity contribution < 1.29 is 24.2 Å². The van der Waals surface area contributed by atoms with Crippen molar-refractivity contribution >= 4 is 17.8 Å². The van der Waals surface area contributed by atoms with Gasteiger partial charge in [0.25, 0.3) is 0 Å². The standard InChI is InChI=1S/C12H15NO5/c14-8(15)2-1-5-13-11(16)9-6-3-4-7(18-6)10(9)12(13)17/h6-7,9-10H,1-5H2,(H,14,15)/t6-,7+,9?,10?. The van der Waals surface area contributed by atoms with E-state index in [-0.39, 0.29) is 48.8 Å². The van der Waals surface area contributed by atoms with Crippen LogP contribution in [0.3, 0.4) is 0 Å². The van der Waals surface area contributed by atoms with Crippen molar-refractivity contribution in [2.45, 2.75) is 37.9 Å². The van der Waals surface area contributed by atoms with Crippen LogP contribution in [0, 0.1) is 11.8 Å². The number of ether oxygens (including phenoxy) is 1. The summed E-state index contributed by atoms with van der Waals surface area (Å²) in [4.78, 5) is 36.0. The van der Waals surface area contributed by atoms with Gasteiger partial charge in [0.1, 0.15) is 0 Å². The minimum absolute atomic E-state index is 0.0181. The number of carbonyl (C=O) groups excluding carboxylic acids is 2. The lowest BCUT2D eigenvalue weighted by atomic mass is 9.81. The van der Waals surface area contributed by atoms with Crippen LogP contribution in [-0.2, 0) is 19.1 Å². The van der Waals surface area contributed by atoms with Crippen molar-refractivity contribution in [3.8, 4) is 0 Å². The molecular formula is C12H15NO5. The van der Waals surface area contributed by atoms with Crippen LogP contribution in [0.4, 0.5) is 0 Å². The molecule has 1 N–H and O–H groups in total. The summed E-state index contributed by atoms with van der Waals surface area (Å²) in [7, 11) is 0. The molecule has 0 aromatic rings. The molecule has 4 atom stereocenters. The molecule has 3 saturated heterocycles. The van der Waals surface area contributed by atoms with Crippen LogP contribution in [0.25, 0.3) is 0 Å². The second-order valence-corrected chi connectivity index (χ2v) is 5.17. The largest absolute Gasteiger partial charge is 0.481 e. The van der Waals surface area contributed by atoms with Crippen LogP contribution in [0.2, 0.25) is 0 Å². The lowest BCUT2D eigenvalue weighted by Crippen LogP contribution is -2.35. The fraction of sp³-hybridized carbons (Fsp3) is 0.750. The Morgan fingerprint density at radius 2 is 1.78 bits per heavy atom. The smallest absolute Gasteiger partial charge is 0.303 e. The van der Waals surface area contributed by atoms with Crippen molar-refractivity contribution in [1.82, 2.24) is 4.90 Å². The second kappa shape index (κ2) is 4.05. The van der Waals surface area contributed by atoms with Crippen LogP contribution in [0.5, 0.6) is 0 Å². The Balaban J connectivity index is 1.69. The number of hydrogen-bond acceptors (Lipinski definition) is 4. The van der Waals surface area contributed by atoms with Gasteiger partial charge in [-0.1, -0.05) is 0 Å². The Kier molecular flexibility index (Phi) is 2.62. The van der Waals surface area contributed by atoms with Gasteiger partial charge in [-0.05, 0) is 19.3 Å². The van der Waals surface area contributed by atoms with Gasteiger partial charge in [-0.15, -0.1) is 0 Å². The molecular weight excluding hydrogens is 238 g/mol. The first-order valence-electron chi connectivity index (χ1n) is 6.32. The number of amides is 2. The van der Waals surface area contributed by atoms with Crippen molar-refractivity contribution in [2.75, 3.05) is 6.54 Å². The van der Waals surface area contributed by atoms with E-state index in [1.807, 2.05) is 0 Å². The number of carbonyl (C=O) groups is 3. The Hall–Kier alpha value is -1.43. The lowest BCUT2D eigenvalue weighted by Gasteiger charge is -2.16. The van der Waals surface area contributed by atoms with E-state index in [0.29, 0.717) is 6.42 Å². The summed E-state index contributed by atoms with van der Waals surface area (Å²) in [5.41, 5.74) is 0. The van der Waals surface area contributed by atoms with Crippen molar-refractivity contribution in [3.63, 3.8) is 0 Å². The van der Waals surface area contributed by atoms with Crippen LogP contribution < -0.4 is 0 Å². The van der Waals surface area contributed by atoms with Crippen LogP contribution >= 0.6 is 0 Å². The summed E-state index contributed by atoms with van der Waals surface area (Å²) in [5, 5.41) is 8.57. The molecule has 6 heteroatoms. The van der Waals surface area contributed by atoms with E-state index in [0.717, 1.165) is 12.8 Å². The average molecular weight is 253 g/mol. The van der Waals surface area contributed by atoms with E-state index in [2.05, 4.69) is 0 Å². The highest BCUT2D eigenvalue weighted by Crippen LogP contribution is 2.48. The third kappa shape index (κ3) is 1.55. The van der Waals surface area contributed by atoms with Crippen molar-refractivity contribution in [2.24, 2.45) is 11.8 Å². The highest BCUT2D eigenvalue weighted by Gasteiger charge is 2.62. The molecule has 3 aliphatic rings. The SMILES string of the molecule is O=C(O)CCCN1C(=O)C2C(C1=O)[C@H]1CC[C@@H]2O1. The van der Waals surface area contributed by atoms with Crippen LogP contribution in [0.1, 0.15) is 25.7 Å². The monoisotopic (exact) mass is 253 g/mol. The molecule has 0 spiro atoms. The van der Waals surface area contributed by atoms with Gasteiger partial charge in [0.15, 0.2) is 0 Å². The molecule has 3 heterocycles. The van der Waals surface area contributed by atoms with Gasteiger partial charge in [0.2, 0.25) is 11.8 Å². The predicted molar refractivity (Wildman–Crippen MR) is 58.5 cm³/mol. The third-order valence-electron chi connectivity index (χ3n) is 4.15. The molecule has 3 aliphatic heterocycles. The minimum atomic E-state index is -0.905. The van der Waals surface area contributed by atoms with Crippen molar-refractivity contribution in [3.05, 3.63) is 0 Å². The number of carboxylic acids is 1. The van der Waals surface area contributed by atoms with Gasteiger partial charge >= 0.3 is 5.97 Å². The van der Waals surface area contributed by atoms with Gasteiger partial charge in [0, 0.05) is 13.0 Å².